The fourth-order valence-electron chi connectivity index (χ4n) is 2.46. The van der Waals surface area contributed by atoms with E-state index in [4.69, 9.17) is 0 Å². The maximum absolute atomic E-state index is 9.24. The lowest BCUT2D eigenvalue weighted by Gasteiger charge is -2.18. The third-order valence-electron chi connectivity index (χ3n) is 3.49. The molecule has 1 aromatic heterocycles. The lowest BCUT2D eigenvalue weighted by Crippen LogP contribution is -2.22. The molecule has 2 rings (SSSR count). The van der Waals surface area contributed by atoms with Crippen LogP contribution in [-0.4, -0.2) is 21.5 Å². The minimum absolute atomic E-state index is 0.172. The van der Waals surface area contributed by atoms with Crippen LogP contribution in [0.3, 0.4) is 0 Å². The summed E-state index contributed by atoms with van der Waals surface area (Å²) in [5.41, 5.74) is 3.58. The van der Waals surface area contributed by atoms with Crippen molar-refractivity contribution in [3.05, 3.63) is 53.3 Å². The van der Waals surface area contributed by atoms with Gasteiger partial charge in [-0.25, -0.2) is 0 Å². The van der Waals surface area contributed by atoms with Gasteiger partial charge in [-0.1, -0.05) is 37.3 Å². The van der Waals surface area contributed by atoms with Crippen LogP contribution >= 0.6 is 0 Å². The van der Waals surface area contributed by atoms with Crippen LogP contribution in [0.2, 0.25) is 0 Å². The number of hydrogen-bond donors (Lipinski definition) is 2. The molecule has 0 unspecified atom stereocenters. The van der Waals surface area contributed by atoms with Gasteiger partial charge in [0, 0.05) is 38.0 Å². The van der Waals surface area contributed by atoms with Crippen molar-refractivity contribution >= 4 is 0 Å². The van der Waals surface area contributed by atoms with Crippen molar-refractivity contribution in [2.45, 2.75) is 32.4 Å². The number of aliphatic hydroxyl groups excluding tert-OH is 1. The summed E-state index contributed by atoms with van der Waals surface area (Å²) in [5.74, 6) is 0. The molecule has 2 N–H and O–H groups in total. The predicted molar refractivity (Wildman–Crippen MR) is 80.3 cm³/mol. The highest BCUT2D eigenvalue weighted by Gasteiger charge is 2.12. The maximum Gasteiger partial charge on any atom is 0.0666 e. The summed E-state index contributed by atoms with van der Waals surface area (Å²) >= 11 is 0. The highest BCUT2D eigenvalue weighted by molar-refractivity contribution is 5.21. The van der Waals surface area contributed by atoms with Gasteiger partial charge in [0.1, 0.15) is 0 Å². The van der Waals surface area contributed by atoms with Crippen molar-refractivity contribution in [3.63, 3.8) is 0 Å². The molecule has 0 aliphatic rings. The van der Waals surface area contributed by atoms with Gasteiger partial charge in [0.25, 0.3) is 0 Å². The minimum atomic E-state index is 0.172. The average Bonchev–Trinajstić information content (AvgIpc) is 2.84. The van der Waals surface area contributed by atoms with Gasteiger partial charge in [-0.2, -0.15) is 5.10 Å². The quantitative estimate of drug-likeness (QED) is 0.813. The summed E-state index contributed by atoms with van der Waals surface area (Å²) in [6, 6.07) is 10.4. The topological polar surface area (TPSA) is 50.1 Å². The third-order valence-corrected chi connectivity index (χ3v) is 3.49. The second-order valence-corrected chi connectivity index (χ2v) is 4.98. The molecule has 1 heterocycles. The summed E-state index contributed by atoms with van der Waals surface area (Å²) in [5, 5.41) is 17.2. The fourth-order valence-corrected chi connectivity index (χ4v) is 2.46. The van der Waals surface area contributed by atoms with E-state index >= 15 is 0 Å². The number of aromatic nitrogens is 2. The van der Waals surface area contributed by atoms with E-state index < -0.39 is 0 Å². The van der Waals surface area contributed by atoms with Crippen molar-refractivity contribution in [1.82, 2.24) is 15.1 Å². The Bertz CT molecular complexity index is 522. The summed E-state index contributed by atoms with van der Waals surface area (Å²) in [6.07, 6.45) is 3.71. The highest BCUT2D eigenvalue weighted by atomic mass is 16.3. The standard InChI is InChI=1S/C16H23N3O/c1-3-15-14(12-19(2)18-15)11-17-16(9-10-20)13-7-5-4-6-8-13/h4-8,12,16-17,20H,3,9-11H2,1-2H3/t16-/m1/s1. The van der Waals surface area contributed by atoms with E-state index in [0.29, 0.717) is 6.42 Å². The molecular formula is C16H23N3O. The molecular weight excluding hydrogens is 250 g/mol. The molecule has 0 saturated carbocycles. The number of nitrogens with one attached hydrogen (secondary N) is 1. The first-order valence-corrected chi connectivity index (χ1v) is 7.15. The summed E-state index contributed by atoms with van der Waals surface area (Å²) in [4.78, 5) is 0. The molecule has 0 spiro atoms. The van der Waals surface area contributed by atoms with Gasteiger partial charge in [-0.15, -0.1) is 0 Å². The van der Waals surface area contributed by atoms with E-state index in [-0.39, 0.29) is 12.6 Å². The first-order chi connectivity index (χ1) is 9.74. The van der Waals surface area contributed by atoms with Gasteiger partial charge in [0.2, 0.25) is 0 Å². The number of nitrogens with zero attached hydrogens (tertiary/aromatic N) is 2. The first kappa shape index (κ1) is 14.8. The van der Waals surface area contributed by atoms with E-state index in [1.54, 1.807) is 0 Å². The van der Waals surface area contributed by atoms with E-state index in [9.17, 15) is 5.11 Å². The molecule has 4 nitrogen and oxygen atoms in total. The van der Waals surface area contributed by atoms with Crippen LogP contribution in [0.25, 0.3) is 0 Å². The number of benzene rings is 1. The zero-order chi connectivity index (χ0) is 14.4. The van der Waals surface area contributed by atoms with Crippen molar-refractivity contribution in [3.8, 4) is 0 Å². The summed E-state index contributed by atoms with van der Waals surface area (Å²) < 4.78 is 1.86. The SMILES string of the molecule is CCc1nn(C)cc1CN[C@H](CCO)c1ccccc1. The zero-order valence-corrected chi connectivity index (χ0v) is 12.2. The Labute approximate surface area is 120 Å². The summed E-state index contributed by atoms with van der Waals surface area (Å²) in [6.45, 7) is 3.07. The minimum Gasteiger partial charge on any atom is -0.396 e. The van der Waals surface area contributed by atoms with Crippen LogP contribution in [0.15, 0.2) is 36.5 Å². The number of hydrogen-bond acceptors (Lipinski definition) is 3. The van der Waals surface area contributed by atoms with Gasteiger partial charge >= 0.3 is 0 Å². The normalized spacial score (nSPS) is 12.6. The van der Waals surface area contributed by atoms with Gasteiger partial charge in [-0.3, -0.25) is 4.68 Å². The lowest BCUT2D eigenvalue weighted by molar-refractivity contribution is 0.265. The predicted octanol–water partition coefficient (Wildman–Crippen LogP) is 2.20. The maximum atomic E-state index is 9.24. The smallest absolute Gasteiger partial charge is 0.0666 e. The first-order valence-electron chi connectivity index (χ1n) is 7.15. The average molecular weight is 273 g/mol. The summed E-state index contributed by atoms with van der Waals surface area (Å²) in [7, 11) is 1.95. The fraction of sp³-hybridized carbons (Fsp3) is 0.438. The molecule has 0 fully saturated rings. The Morgan fingerprint density at radius 3 is 2.70 bits per heavy atom. The Balaban J connectivity index is 2.05. The van der Waals surface area contributed by atoms with Crippen LogP contribution in [0.1, 0.15) is 36.2 Å². The molecule has 1 aromatic carbocycles. The highest BCUT2D eigenvalue weighted by Crippen LogP contribution is 2.17. The Hall–Kier alpha value is -1.65. The molecule has 0 bridgehead atoms. The Kier molecular flexibility index (Phi) is 5.32. The van der Waals surface area contributed by atoms with Crippen LogP contribution in [0.4, 0.5) is 0 Å². The molecule has 0 radical (unpaired) electrons. The molecule has 2 aromatic rings. The van der Waals surface area contributed by atoms with Gasteiger partial charge in [0.15, 0.2) is 0 Å². The number of aliphatic hydroxyl groups is 1. The third kappa shape index (κ3) is 3.68. The molecule has 108 valence electrons. The van der Waals surface area contributed by atoms with Gasteiger partial charge < -0.3 is 10.4 Å². The van der Waals surface area contributed by atoms with Crippen LogP contribution < -0.4 is 5.32 Å². The van der Waals surface area contributed by atoms with Crippen molar-refractivity contribution in [2.24, 2.45) is 7.05 Å². The number of rotatable bonds is 7. The van der Waals surface area contributed by atoms with Gasteiger partial charge in [-0.05, 0) is 18.4 Å². The van der Waals surface area contributed by atoms with Crippen LogP contribution in [-0.2, 0) is 20.0 Å². The lowest BCUT2D eigenvalue weighted by atomic mass is 10.0. The van der Waals surface area contributed by atoms with Crippen molar-refractivity contribution in [2.75, 3.05) is 6.61 Å². The van der Waals surface area contributed by atoms with Crippen molar-refractivity contribution < 1.29 is 5.11 Å². The van der Waals surface area contributed by atoms with E-state index in [1.165, 1.54) is 11.1 Å². The number of aryl methyl sites for hydroxylation is 2. The second kappa shape index (κ2) is 7.22. The molecule has 0 saturated heterocycles. The molecule has 0 aliphatic heterocycles. The molecule has 0 aliphatic carbocycles. The largest absolute Gasteiger partial charge is 0.396 e. The molecule has 0 amide bonds. The van der Waals surface area contributed by atoms with Crippen molar-refractivity contribution in [1.29, 1.82) is 0 Å². The van der Waals surface area contributed by atoms with Gasteiger partial charge in [0.05, 0.1) is 5.69 Å². The van der Waals surface area contributed by atoms with E-state index in [1.807, 2.05) is 29.9 Å². The monoisotopic (exact) mass is 273 g/mol. The van der Waals surface area contributed by atoms with Crippen LogP contribution in [0.5, 0.6) is 0 Å². The van der Waals surface area contributed by atoms with Crippen LogP contribution in [0, 0.1) is 0 Å². The van der Waals surface area contributed by atoms with E-state index in [2.05, 4.69) is 35.7 Å². The Morgan fingerprint density at radius 1 is 1.30 bits per heavy atom. The molecule has 20 heavy (non-hydrogen) atoms. The van der Waals surface area contributed by atoms with E-state index in [0.717, 1.165) is 18.7 Å². The zero-order valence-electron chi connectivity index (χ0n) is 12.2. The Morgan fingerprint density at radius 2 is 2.05 bits per heavy atom. The molecule has 1 atom stereocenters. The molecule has 4 heteroatoms. The second-order valence-electron chi connectivity index (χ2n) is 4.98.